The van der Waals surface area contributed by atoms with Gasteiger partial charge in [-0.1, -0.05) is 0 Å². The second kappa shape index (κ2) is 7.84. The monoisotopic (exact) mass is 346 g/mol. The normalized spacial score (nSPS) is 17.0. The molecule has 1 unspecified atom stereocenters. The number of nitrogens with zero attached hydrogens (tertiary/aromatic N) is 3. The maximum Gasteiger partial charge on any atom is 0.254 e. The van der Waals surface area contributed by atoms with Crippen LogP contribution in [-0.2, 0) is 4.74 Å². The van der Waals surface area contributed by atoms with Crippen LogP contribution in [0.25, 0.3) is 0 Å². The average molecular weight is 346 g/mol. The molecule has 1 amide bonds. The first-order chi connectivity index (χ1) is 12.0. The fourth-order valence-electron chi connectivity index (χ4n) is 2.96. The number of nitrogens with one attached hydrogen (secondary N) is 1. The Morgan fingerprint density at radius 1 is 1.32 bits per heavy atom. The molecule has 0 radical (unpaired) electrons. The van der Waals surface area contributed by atoms with E-state index in [4.69, 9.17) is 9.15 Å². The summed E-state index contributed by atoms with van der Waals surface area (Å²) in [6.45, 7) is 9.52. The van der Waals surface area contributed by atoms with Crippen molar-refractivity contribution in [1.29, 1.82) is 0 Å². The molecule has 0 aromatic carbocycles. The SMILES string of the molecule is Cc1ccc(C(CNC(=O)c2cnn(C(C)C)c2)N2CCOCC2)o1. The van der Waals surface area contributed by atoms with Gasteiger partial charge in [0.1, 0.15) is 11.5 Å². The number of rotatable bonds is 6. The Bertz CT molecular complexity index is 701. The van der Waals surface area contributed by atoms with Crippen LogP contribution >= 0.6 is 0 Å². The van der Waals surface area contributed by atoms with E-state index in [1.165, 1.54) is 0 Å². The van der Waals surface area contributed by atoms with Crippen LogP contribution in [0.1, 0.15) is 47.8 Å². The van der Waals surface area contributed by atoms with Gasteiger partial charge in [-0.25, -0.2) is 0 Å². The zero-order valence-corrected chi connectivity index (χ0v) is 15.1. The van der Waals surface area contributed by atoms with E-state index >= 15 is 0 Å². The van der Waals surface area contributed by atoms with E-state index in [1.54, 1.807) is 17.1 Å². The second-order valence-corrected chi connectivity index (χ2v) is 6.63. The molecule has 0 aliphatic carbocycles. The standard InChI is InChI=1S/C18H26N4O3/c1-13(2)22-12-15(10-20-22)18(23)19-11-16(17-5-4-14(3)25-17)21-6-8-24-9-7-21/h4-5,10,12-13,16H,6-9,11H2,1-3H3,(H,19,23). The summed E-state index contributed by atoms with van der Waals surface area (Å²) in [6, 6.07) is 4.17. The van der Waals surface area contributed by atoms with E-state index in [2.05, 4.69) is 15.3 Å². The Morgan fingerprint density at radius 3 is 2.68 bits per heavy atom. The summed E-state index contributed by atoms with van der Waals surface area (Å²) < 4.78 is 13.0. The Balaban J connectivity index is 1.68. The molecule has 3 heterocycles. The van der Waals surface area contributed by atoms with E-state index < -0.39 is 0 Å². The van der Waals surface area contributed by atoms with Crippen LogP contribution in [-0.4, -0.2) is 53.4 Å². The van der Waals surface area contributed by atoms with Crippen molar-refractivity contribution in [3.8, 4) is 0 Å². The summed E-state index contributed by atoms with van der Waals surface area (Å²) in [4.78, 5) is 14.8. The largest absolute Gasteiger partial charge is 0.465 e. The highest BCUT2D eigenvalue weighted by Gasteiger charge is 2.26. The highest BCUT2D eigenvalue weighted by atomic mass is 16.5. The number of aryl methyl sites for hydroxylation is 1. The van der Waals surface area contributed by atoms with Crippen LogP contribution in [0.3, 0.4) is 0 Å². The molecule has 25 heavy (non-hydrogen) atoms. The molecule has 1 saturated heterocycles. The van der Waals surface area contributed by atoms with Crippen LogP contribution < -0.4 is 5.32 Å². The van der Waals surface area contributed by atoms with E-state index in [-0.39, 0.29) is 18.0 Å². The lowest BCUT2D eigenvalue weighted by Gasteiger charge is -2.33. The van der Waals surface area contributed by atoms with Crippen molar-refractivity contribution in [1.82, 2.24) is 20.0 Å². The molecule has 2 aromatic rings. The lowest BCUT2D eigenvalue weighted by molar-refractivity contribution is 0.0117. The fraction of sp³-hybridized carbons (Fsp3) is 0.556. The van der Waals surface area contributed by atoms with E-state index in [1.807, 2.05) is 32.9 Å². The topological polar surface area (TPSA) is 72.5 Å². The van der Waals surface area contributed by atoms with Crippen molar-refractivity contribution in [3.05, 3.63) is 41.6 Å². The first-order valence-electron chi connectivity index (χ1n) is 8.75. The number of hydrogen-bond donors (Lipinski definition) is 1. The van der Waals surface area contributed by atoms with Gasteiger partial charge in [-0.05, 0) is 32.9 Å². The van der Waals surface area contributed by atoms with Gasteiger partial charge in [-0.3, -0.25) is 14.4 Å². The number of carbonyl (C=O) groups excluding carboxylic acids is 1. The van der Waals surface area contributed by atoms with E-state index in [0.29, 0.717) is 25.3 Å². The number of carbonyl (C=O) groups is 1. The molecule has 0 spiro atoms. The number of hydrogen-bond acceptors (Lipinski definition) is 5. The van der Waals surface area contributed by atoms with Crippen LogP contribution in [0.15, 0.2) is 28.9 Å². The minimum absolute atomic E-state index is 0.00157. The van der Waals surface area contributed by atoms with Gasteiger partial charge in [-0.2, -0.15) is 5.10 Å². The van der Waals surface area contributed by atoms with Crippen molar-refractivity contribution in [2.24, 2.45) is 0 Å². The van der Waals surface area contributed by atoms with Gasteiger partial charge in [0.15, 0.2) is 0 Å². The zero-order valence-electron chi connectivity index (χ0n) is 15.1. The molecule has 3 rings (SSSR count). The first kappa shape index (κ1) is 17.7. The van der Waals surface area contributed by atoms with Crippen molar-refractivity contribution in [2.75, 3.05) is 32.8 Å². The zero-order chi connectivity index (χ0) is 17.8. The Kier molecular flexibility index (Phi) is 5.55. The minimum Gasteiger partial charge on any atom is -0.465 e. The molecule has 7 heteroatoms. The predicted octanol–water partition coefficient (Wildman–Crippen LogP) is 2.17. The Labute approximate surface area is 147 Å². The summed E-state index contributed by atoms with van der Waals surface area (Å²) in [6.07, 6.45) is 3.39. The third-order valence-electron chi connectivity index (χ3n) is 4.42. The van der Waals surface area contributed by atoms with Crippen LogP contribution in [0, 0.1) is 6.92 Å². The number of ether oxygens (including phenoxy) is 1. The van der Waals surface area contributed by atoms with Gasteiger partial charge in [0.2, 0.25) is 0 Å². The van der Waals surface area contributed by atoms with Crippen LogP contribution in [0.2, 0.25) is 0 Å². The molecule has 0 bridgehead atoms. The summed E-state index contributed by atoms with van der Waals surface area (Å²) in [5.74, 6) is 1.63. The maximum absolute atomic E-state index is 12.5. The van der Waals surface area contributed by atoms with Gasteiger partial charge in [-0.15, -0.1) is 0 Å². The summed E-state index contributed by atoms with van der Waals surface area (Å²) in [7, 11) is 0. The van der Waals surface area contributed by atoms with Crippen molar-refractivity contribution in [2.45, 2.75) is 32.9 Å². The molecular formula is C18H26N4O3. The third kappa shape index (κ3) is 4.29. The second-order valence-electron chi connectivity index (χ2n) is 6.63. The average Bonchev–Trinajstić information content (AvgIpc) is 3.25. The molecule has 1 aliphatic rings. The Morgan fingerprint density at radius 2 is 2.08 bits per heavy atom. The summed E-state index contributed by atoms with van der Waals surface area (Å²) >= 11 is 0. The first-order valence-corrected chi connectivity index (χ1v) is 8.75. The molecule has 136 valence electrons. The summed E-state index contributed by atoms with van der Waals surface area (Å²) in [5, 5.41) is 7.25. The molecule has 2 aromatic heterocycles. The van der Waals surface area contributed by atoms with Crippen molar-refractivity contribution >= 4 is 5.91 Å². The number of furan rings is 1. The Hall–Kier alpha value is -2.12. The summed E-state index contributed by atoms with van der Waals surface area (Å²) in [5.41, 5.74) is 0.574. The van der Waals surface area contributed by atoms with Gasteiger partial charge < -0.3 is 14.5 Å². The lowest BCUT2D eigenvalue weighted by atomic mass is 10.1. The molecule has 1 aliphatic heterocycles. The lowest BCUT2D eigenvalue weighted by Crippen LogP contribution is -2.43. The highest BCUT2D eigenvalue weighted by Crippen LogP contribution is 2.23. The highest BCUT2D eigenvalue weighted by molar-refractivity contribution is 5.93. The quantitative estimate of drug-likeness (QED) is 0.868. The molecule has 1 atom stereocenters. The fourth-order valence-corrected chi connectivity index (χ4v) is 2.96. The third-order valence-corrected chi connectivity index (χ3v) is 4.42. The smallest absolute Gasteiger partial charge is 0.254 e. The molecule has 1 N–H and O–H groups in total. The van der Waals surface area contributed by atoms with Gasteiger partial charge >= 0.3 is 0 Å². The van der Waals surface area contributed by atoms with E-state index in [0.717, 1.165) is 24.6 Å². The maximum atomic E-state index is 12.5. The predicted molar refractivity (Wildman–Crippen MR) is 93.5 cm³/mol. The van der Waals surface area contributed by atoms with Gasteiger partial charge in [0.25, 0.3) is 5.91 Å². The molecule has 0 saturated carbocycles. The molecule has 1 fully saturated rings. The van der Waals surface area contributed by atoms with Crippen molar-refractivity contribution < 1.29 is 13.9 Å². The number of morpholine rings is 1. The van der Waals surface area contributed by atoms with Crippen molar-refractivity contribution in [3.63, 3.8) is 0 Å². The van der Waals surface area contributed by atoms with E-state index in [9.17, 15) is 4.79 Å². The number of amides is 1. The van der Waals surface area contributed by atoms with Crippen LogP contribution in [0.5, 0.6) is 0 Å². The molecular weight excluding hydrogens is 320 g/mol. The molecule has 7 nitrogen and oxygen atoms in total. The van der Waals surface area contributed by atoms with Crippen LogP contribution in [0.4, 0.5) is 0 Å². The minimum atomic E-state index is -0.117. The van der Waals surface area contributed by atoms with Gasteiger partial charge in [0.05, 0.1) is 31.0 Å². The number of aromatic nitrogens is 2. The van der Waals surface area contributed by atoms with Gasteiger partial charge in [0, 0.05) is 31.9 Å².